The molecule has 78 valence electrons. The Labute approximate surface area is 83.5 Å². The first-order valence-electron chi connectivity index (χ1n) is 4.77. The Morgan fingerprint density at radius 3 is 2.71 bits per heavy atom. The van der Waals surface area contributed by atoms with Gasteiger partial charge in [-0.15, -0.1) is 0 Å². The maximum absolute atomic E-state index is 10.4. The van der Waals surface area contributed by atoms with E-state index in [9.17, 15) is 4.79 Å². The van der Waals surface area contributed by atoms with Gasteiger partial charge in [0.1, 0.15) is 0 Å². The summed E-state index contributed by atoms with van der Waals surface area (Å²) in [6, 6.07) is 0.327. The highest BCUT2D eigenvalue weighted by Crippen LogP contribution is 2.14. The summed E-state index contributed by atoms with van der Waals surface area (Å²) in [5.41, 5.74) is 2.10. The van der Waals surface area contributed by atoms with Crippen molar-refractivity contribution in [2.45, 2.75) is 39.7 Å². The van der Waals surface area contributed by atoms with Crippen LogP contribution >= 0.6 is 0 Å². The second kappa shape index (κ2) is 4.26. The third-order valence-electron chi connectivity index (χ3n) is 2.24. The first-order chi connectivity index (χ1) is 6.52. The Morgan fingerprint density at radius 1 is 1.64 bits per heavy atom. The number of hydrogen-bond donors (Lipinski definition) is 1. The van der Waals surface area contributed by atoms with Crippen molar-refractivity contribution < 1.29 is 9.90 Å². The smallest absolute Gasteiger partial charge is 0.303 e. The van der Waals surface area contributed by atoms with Crippen LogP contribution in [-0.2, 0) is 11.2 Å². The quantitative estimate of drug-likeness (QED) is 0.798. The fraction of sp³-hybridized carbons (Fsp3) is 0.600. The molecule has 0 saturated heterocycles. The fourth-order valence-corrected chi connectivity index (χ4v) is 1.47. The molecular weight excluding hydrogens is 180 g/mol. The van der Waals surface area contributed by atoms with E-state index >= 15 is 0 Å². The Bertz CT molecular complexity index is 329. The predicted molar refractivity (Wildman–Crippen MR) is 53.3 cm³/mol. The van der Waals surface area contributed by atoms with E-state index in [1.165, 1.54) is 0 Å². The third-order valence-corrected chi connectivity index (χ3v) is 2.24. The highest BCUT2D eigenvalue weighted by atomic mass is 16.4. The summed E-state index contributed by atoms with van der Waals surface area (Å²) in [7, 11) is 0. The summed E-state index contributed by atoms with van der Waals surface area (Å²) in [4.78, 5) is 10.4. The van der Waals surface area contributed by atoms with E-state index in [0.29, 0.717) is 12.5 Å². The van der Waals surface area contributed by atoms with Gasteiger partial charge >= 0.3 is 5.97 Å². The molecule has 0 spiro atoms. The lowest BCUT2D eigenvalue weighted by Crippen LogP contribution is -2.05. The first kappa shape index (κ1) is 10.8. The molecule has 0 saturated carbocycles. The van der Waals surface area contributed by atoms with Gasteiger partial charge in [-0.3, -0.25) is 9.48 Å². The Kier molecular flexibility index (Phi) is 3.28. The second-order valence-electron chi connectivity index (χ2n) is 3.69. The summed E-state index contributed by atoms with van der Waals surface area (Å²) in [6.45, 7) is 6.09. The molecule has 4 nitrogen and oxygen atoms in total. The lowest BCUT2D eigenvalue weighted by Gasteiger charge is -2.08. The van der Waals surface area contributed by atoms with Crippen LogP contribution in [0.25, 0.3) is 0 Å². The number of rotatable bonds is 4. The van der Waals surface area contributed by atoms with Gasteiger partial charge in [0.05, 0.1) is 6.20 Å². The molecule has 0 radical (unpaired) electrons. The van der Waals surface area contributed by atoms with Crippen LogP contribution in [0.3, 0.4) is 0 Å². The molecule has 14 heavy (non-hydrogen) atoms. The van der Waals surface area contributed by atoms with Crippen molar-refractivity contribution in [3.8, 4) is 0 Å². The lowest BCUT2D eigenvalue weighted by atomic mass is 10.1. The topological polar surface area (TPSA) is 55.1 Å². The molecule has 1 heterocycles. The van der Waals surface area contributed by atoms with Crippen LogP contribution in [0.15, 0.2) is 6.20 Å². The van der Waals surface area contributed by atoms with Gasteiger partial charge in [-0.25, -0.2) is 0 Å². The number of aliphatic carboxylic acids is 1. The highest BCUT2D eigenvalue weighted by molar-refractivity contribution is 5.67. The maximum atomic E-state index is 10.4. The van der Waals surface area contributed by atoms with Crippen LogP contribution in [0.4, 0.5) is 0 Å². The van der Waals surface area contributed by atoms with Gasteiger partial charge in [0.25, 0.3) is 0 Å². The van der Waals surface area contributed by atoms with Crippen LogP contribution in [0, 0.1) is 6.92 Å². The third kappa shape index (κ3) is 2.34. The van der Waals surface area contributed by atoms with Gasteiger partial charge < -0.3 is 5.11 Å². The summed E-state index contributed by atoms with van der Waals surface area (Å²) in [5.74, 6) is -0.762. The van der Waals surface area contributed by atoms with E-state index in [0.717, 1.165) is 11.3 Å². The van der Waals surface area contributed by atoms with Crippen molar-refractivity contribution >= 4 is 5.97 Å². The highest BCUT2D eigenvalue weighted by Gasteiger charge is 2.09. The van der Waals surface area contributed by atoms with Crippen LogP contribution in [0.5, 0.6) is 0 Å². The molecule has 0 aromatic carbocycles. The number of carboxylic acid groups (broad SMARTS) is 1. The van der Waals surface area contributed by atoms with Crippen molar-refractivity contribution in [1.82, 2.24) is 9.78 Å². The average molecular weight is 196 g/mol. The van der Waals surface area contributed by atoms with Crippen LogP contribution in [-0.4, -0.2) is 20.9 Å². The SMILES string of the molecule is Cc1c(CCC(=O)O)cnn1C(C)C. The minimum atomic E-state index is -0.762. The zero-order chi connectivity index (χ0) is 10.7. The maximum Gasteiger partial charge on any atom is 0.303 e. The van der Waals surface area contributed by atoms with E-state index in [2.05, 4.69) is 18.9 Å². The van der Waals surface area contributed by atoms with E-state index in [1.54, 1.807) is 6.20 Å². The van der Waals surface area contributed by atoms with Gasteiger partial charge in [0.15, 0.2) is 0 Å². The van der Waals surface area contributed by atoms with Gasteiger partial charge in [-0.1, -0.05) is 0 Å². The van der Waals surface area contributed by atoms with Crippen LogP contribution in [0.1, 0.15) is 37.6 Å². The molecule has 0 aliphatic heterocycles. The molecule has 0 fully saturated rings. The van der Waals surface area contributed by atoms with Crippen molar-refractivity contribution in [3.05, 3.63) is 17.5 Å². The van der Waals surface area contributed by atoms with Gasteiger partial charge in [0, 0.05) is 18.2 Å². The summed E-state index contributed by atoms with van der Waals surface area (Å²) >= 11 is 0. The number of carbonyl (C=O) groups is 1. The number of hydrogen-bond acceptors (Lipinski definition) is 2. The average Bonchev–Trinajstić information content (AvgIpc) is 2.43. The van der Waals surface area contributed by atoms with Crippen molar-refractivity contribution in [1.29, 1.82) is 0 Å². The molecule has 0 atom stereocenters. The summed E-state index contributed by atoms with van der Waals surface area (Å²) in [5, 5.41) is 12.8. The number of nitrogens with zero attached hydrogens (tertiary/aromatic N) is 2. The van der Waals surface area contributed by atoms with Crippen molar-refractivity contribution in [3.63, 3.8) is 0 Å². The van der Waals surface area contributed by atoms with Gasteiger partial charge in [-0.05, 0) is 32.8 Å². The molecule has 1 aromatic heterocycles. The zero-order valence-electron chi connectivity index (χ0n) is 8.82. The molecule has 0 unspecified atom stereocenters. The zero-order valence-corrected chi connectivity index (χ0v) is 8.82. The lowest BCUT2D eigenvalue weighted by molar-refractivity contribution is -0.136. The van der Waals surface area contributed by atoms with E-state index in [4.69, 9.17) is 5.11 Å². The first-order valence-corrected chi connectivity index (χ1v) is 4.77. The second-order valence-corrected chi connectivity index (χ2v) is 3.69. The van der Waals surface area contributed by atoms with Crippen molar-refractivity contribution in [2.24, 2.45) is 0 Å². The summed E-state index contributed by atoms with van der Waals surface area (Å²) in [6.07, 6.45) is 2.50. The largest absolute Gasteiger partial charge is 0.481 e. The standard InChI is InChI=1S/C10H16N2O2/c1-7(2)12-8(3)9(6-11-12)4-5-10(13)14/h6-7H,4-5H2,1-3H3,(H,13,14). The molecule has 1 aromatic rings. The van der Waals surface area contributed by atoms with Crippen LogP contribution in [0.2, 0.25) is 0 Å². The Hall–Kier alpha value is -1.32. The molecular formula is C10H16N2O2. The monoisotopic (exact) mass is 196 g/mol. The molecule has 1 rings (SSSR count). The Balaban J connectivity index is 2.74. The minimum Gasteiger partial charge on any atom is -0.481 e. The minimum absolute atomic E-state index is 0.171. The van der Waals surface area contributed by atoms with Crippen LogP contribution < -0.4 is 0 Å². The van der Waals surface area contributed by atoms with E-state index < -0.39 is 5.97 Å². The number of aromatic nitrogens is 2. The number of aryl methyl sites for hydroxylation is 1. The normalized spacial score (nSPS) is 10.9. The molecule has 0 amide bonds. The predicted octanol–water partition coefficient (Wildman–Crippen LogP) is 1.79. The van der Waals surface area contributed by atoms with E-state index in [1.807, 2.05) is 11.6 Å². The molecule has 0 bridgehead atoms. The van der Waals surface area contributed by atoms with E-state index in [-0.39, 0.29) is 6.42 Å². The molecule has 1 N–H and O–H groups in total. The van der Waals surface area contributed by atoms with Gasteiger partial charge in [0.2, 0.25) is 0 Å². The van der Waals surface area contributed by atoms with Gasteiger partial charge in [-0.2, -0.15) is 5.10 Å². The summed E-state index contributed by atoms with van der Waals surface area (Å²) < 4.78 is 1.91. The fourth-order valence-electron chi connectivity index (χ4n) is 1.47. The number of carboxylic acids is 1. The molecule has 0 aliphatic rings. The molecule has 0 aliphatic carbocycles. The Morgan fingerprint density at radius 2 is 2.29 bits per heavy atom. The van der Waals surface area contributed by atoms with Crippen molar-refractivity contribution in [2.75, 3.05) is 0 Å². The molecule has 4 heteroatoms.